The van der Waals surface area contributed by atoms with Crippen LogP contribution in [0.25, 0.3) is 0 Å². The highest BCUT2D eigenvalue weighted by Gasteiger charge is 2.20. The molecule has 4 nitrogen and oxygen atoms in total. The van der Waals surface area contributed by atoms with E-state index in [0.29, 0.717) is 18.7 Å². The van der Waals surface area contributed by atoms with E-state index in [9.17, 15) is 9.90 Å². The second-order valence-corrected chi connectivity index (χ2v) is 5.56. The average Bonchev–Trinajstić information content (AvgIpc) is 2.58. The highest BCUT2D eigenvalue weighted by atomic mass is 35.5. The van der Waals surface area contributed by atoms with E-state index in [2.05, 4.69) is 17.4 Å². The molecule has 2 aromatic carbocycles. The van der Waals surface area contributed by atoms with E-state index in [0.717, 1.165) is 25.1 Å². The number of hydrogen-bond donors (Lipinski definition) is 2. The molecule has 2 N–H and O–H groups in total. The number of nitrogens with one attached hydrogen (secondary N) is 1. The van der Waals surface area contributed by atoms with Gasteiger partial charge in [-0.2, -0.15) is 0 Å². The van der Waals surface area contributed by atoms with Crippen LogP contribution in [-0.2, 0) is 6.42 Å². The first-order valence-electron chi connectivity index (χ1n) is 7.60. The molecular weight excluding hydrogens is 312 g/mol. The van der Waals surface area contributed by atoms with Crippen molar-refractivity contribution in [2.24, 2.45) is 0 Å². The number of carbonyl (C=O) groups excluding carboxylic acids is 1. The normalized spacial score (nSPS) is 14.2. The number of piperazine rings is 1. The molecule has 1 aliphatic rings. The first kappa shape index (κ1) is 17.3. The maximum absolute atomic E-state index is 12.6. The Kier molecular flexibility index (Phi) is 6.02. The van der Waals surface area contributed by atoms with Gasteiger partial charge in [-0.15, -0.1) is 12.4 Å². The topological polar surface area (TPSA) is 52.6 Å². The molecule has 0 atom stereocenters. The smallest absolute Gasteiger partial charge is 0.257 e. The molecule has 0 saturated carbocycles. The van der Waals surface area contributed by atoms with Gasteiger partial charge in [-0.1, -0.05) is 36.4 Å². The van der Waals surface area contributed by atoms with E-state index in [-0.39, 0.29) is 24.1 Å². The van der Waals surface area contributed by atoms with Crippen LogP contribution >= 0.6 is 12.4 Å². The predicted octanol–water partition coefficient (Wildman–Crippen LogP) is 2.45. The zero-order valence-corrected chi connectivity index (χ0v) is 13.7. The summed E-state index contributed by atoms with van der Waals surface area (Å²) in [5.74, 6) is -0.0331. The third kappa shape index (κ3) is 4.24. The van der Waals surface area contributed by atoms with Gasteiger partial charge < -0.3 is 15.3 Å². The molecule has 0 bridgehead atoms. The molecule has 122 valence electrons. The van der Waals surface area contributed by atoms with Crippen LogP contribution in [0.4, 0.5) is 0 Å². The van der Waals surface area contributed by atoms with Crippen LogP contribution < -0.4 is 5.32 Å². The Morgan fingerprint density at radius 1 is 1.04 bits per heavy atom. The van der Waals surface area contributed by atoms with Crippen molar-refractivity contribution in [1.29, 1.82) is 0 Å². The summed E-state index contributed by atoms with van der Waals surface area (Å²) in [6, 6.07) is 15.4. The SMILES string of the molecule is Cl.O=C(c1cc(Cc2ccccc2)ccc1O)N1CCNCC1. The van der Waals surface area contributed by atoms with Crippen LogP contribution in [0, 0.1) is 0 Å². The van der Waals surface area contributed by atoms with Crippen molar-refractivity contribution < 1.29 is 9.90 Å². The summed E-state index contributed by atoms with van der Waals surface area (Å²) >= 11 is 0. The van der Waals surface area contributed by atoms with Gasteiger partial charge in [0.15, 0.2) is 0 Å². The third-order valence-electron chi connectivity index (χ3n) is 3.95. The lowest BCUT2D eigenvalue weighted by Crippen LogP contribution is -2.46. The molecule has 0 aliphatic carbocycles. The van der Waals surface area contributed by atoms with E-state index in [1.807, 2.05) is 30.3 Å². The standard InChI is InChI=1S/C18H20N2O2.ClH/c21-17-7-6-15(12-14-4-2-1-3-5-14)13-16(17)18(22)20-10-8-19-9-11-20;/h1-7,13,19,21H,8-12H2;1H. The Morgan fingerprint density at radius 3 is 2.43 bits per heavy atom. The van der Waals surface area contributed by atoms with E-state index in [1.165, 1.54) is 5.56 Å². The zero-order chi connectivity index (χ0) is 15.4. The molecule has 3 rings (SSSR count). The van der Waals surface area contributed by atoms with Crippen molar-refractivity contribution in [2.45, 2.75) is 6.42 Å². The number of phenols is 1. The van der Waals surface area contributed by atoms with Crippen LogP contribution in [0.5, 0.6) is 5.75 Å². The number of rotatable bonds is 3. The Balaban J connectivity index is 0.00000192. The summed E-state index contributed by atoms with van der Waals surface area (Å²) in [5, 5.41) is 13.3. The molecule has 2 aromatic rings. The lowest BCUT2D eigenvalue weighted by atomic mass is 10.0. The fraction of sp³-hybridized carbons (Fsp3) is 0.278. The van der Waals surface area contributed by atoms with Gasteiger partial charge in [0.25, 0.3) is 5.91 Å². The van der Waals surface area contributed by atoms with E-state index in [4.69, 9.17) is 0 Å². The largest absolute Gasteiger partial charge is 0.507 e. The van der Waals surface area contributed by atoms with Crippen LogP contribution in [0.2, 0.25) is 0 Å². The van der Waals surface area contributed by atoms with Crippen LogP contribution in [0.1, 0.15) is 21.5 Å². The van der Waals surface area contributed by atoms with Gasteiger partial charge in [-0.3, -0.25) is 4.79 Å². The molecule has 23 heavy (non-hydrogen) atoms. The molecule has 0 aromatic heterocycles. The lowest BCUT2D eigenvalue weighted by molar-refractivity contribution is 0.0732. The van der Waals surface area contributed by atoms with Crippen LogP contribution in [-0.4, -0.2) is 42.1 Å². The Bertz CT molecular complexity index is 655. The first-order valence-corrected chi connectivity index (χ1v) is 7.60. The fourth-order valence-corrected chi connectivity index (χ4v) is 2.73. The number of aromatic hydroxyl groups is 1. The Morgan fingerprint density at radius 2 is 1.74 bits per heavy atom. The van der Waals surface area contributed by atoms with Gasteiger partial charge in [0.05, 0.1) is 5.56 Å². The third-order valence-corrected chi connectivity index (χ3v) is 3.95. The molecule has 1 aliphatic heterocycles. The summed E-state index contributed by atoms with van der Waals surface area (Å²) in [5.41, 5.74) is 2.62. The molecule has 0 unspecified atom stereocenters. The average molecular weight is 333 g/mol. The highest BCUT2D eigenvalue weighted by molar-refractivity contribution is 5.97. The minimum atomic E-state index is -0.0890. The zero-order valence-electron chi connectivity index (χ0n) is 12.9. The lowest BCUT2D eigenvalue weighted by Gasteiger charge is -2.27. The molecule has 0 radical (unpaired) electrons. The number of halogens is 1. The molecule has 1 amide bonds. The first-order chi connectivity index (χ1) is 10.7. The van der Waals surface area contributed by atoms with Crippen molar-refractivity contribution in [3.05, 3.63) is 65.2 Å². The molecule has 1 saturated heterocycles. The predicted molar refractivity (Wildman–Crippen MR) is 93.4 cm³/mol. The van der Waals surface area contributed by atoms with Crippen molar-refractivity contribution in [3.63, 3.8) is 0 Å². The number of carbonyl (C=O) groups is 1. The Hall–Kier alpha value is -2.04. The highest BCUT2D eigenvalue weighted by Crippen LogP contribution is 2.22. The van der Waals surface area contributed by atoms with Gasteiger partial charge in [-0.05, 0) is 29.7 Å². The van der Waals surface area contributed by atoms with Crippen molar-refractivity contribution in [2.75, 3.05) is 26.2 Å². The fourth-order valence-electron chi connectivity index (χ4n) is 2.73. The second-order valence-electron chi connectivity index (χ2n) is 5.56. The summed E-state index contributed by atoms with van der Waals surface area (Å²) in [6.07, 6.45) is 0.753. The molecule has 1 heterocycles. The summed E-state index contributed by atoms with van der Waals surface area (Å²) in [4.78, 5) is 14.4. The van der Waals surface area contributed by atoms with Crippen LogP contribution in [0.15, 0.2) is 48.5 Å². The Labute approximate surface area is 142 Å². The van der Waals surface area contributed by atoms with Gasteiger partial charge in [0.1, 0.15) is 5.75 Å². The summed E-state index contributed by atoms with van der Waals surface area (Å²) in [6.45, 7) is 2.97. The van der Waals surface area contributed by atoms with E-state index >= 15 is 0 Å². The molecule has 5 heteroatoms. The second kappa shape index (κ2) is 7.99. The molecule has 1 fully saturated rings. The summed E-state index contributed by atoms with van der Waals surface area (Å²) in [7, 11) is 0. The number of phenolic OH excluding ortho intramolecular Hbond substituents is 1. The number of amides is 1. The minimum absolute atomic E-state index is 0. The van der Waals surface area contributed by atoms with Crippen molar-refractivity contribution in [3.8, 4) is 5.75 Å². The number of hydrogen-bond acceptors (Lipinski definition) is 3. The number of benzene rings is 2. The maximum Gasteiger partial charge on any atom is 0.257 e. The quantitative estimate of drug-likeness (QED) is 0.907. The number of nitrogens with zero attached hydrogens (tertiary/aromatic N) is 1. The van der Waals surface area contributed by atoms with Gasteiger partial charge in [-0.25, -0.2) is 0 Å². The maximum atomic E-state index is 12.6. The summed E-state index contributed by atoms with van der Waals surface area (Å²) < 4.78 is 0. The van der Waals surface area contributed by atoms with Gasteiger partial charge >= 0.3 is 0 Å². The van der Waals surface area contributed by atoms with Gasteiger partial charge in [0, 0.05) is 26.2 Å². The van der Waals surface area contributed by atoms with Gasteiger partial charge in [0.2, 0.25) is 0 Å². The van der Waals surface area contributed by atoms with Crippen molar-refractivity contribution in [1.82, 2.24) is 10.2 Å². The monoisotopic (exact) mass is 332 g/mol. The van der Waals surface area contributed by atoms with Crippen molar-refractivity contribution >= 4 is 18.3 Å². The van der Waals surface area contributed by atoms with E-state index in [1.54, 1.807) is 11.0 Å². The van der Waals surface area contributed by atoms with E-state index < -0.39 is 0 Å². The van der Waals surface area contributed by atoms with Crippen LogP contribution in [0.3, 0.4) is 0 Å². The molecular formula is C18H21ClN2O2. The molecule has 0 spiro atoms. The minimum Gasteiger partial charge on any atom is -0.507 e.